The Bertz CT molecular complexity index is 1180. The molecule has 2 aliphatic rings. The summed E-state index contributed by atoms with van der Waals surface area (Å²) in [7, 11) is 2.00. The summed E-state index contributed by atoms with van der Waals surface area (Å²) in [5.41, 5.74) is 0.956. The monoisotopic (exact) mass is 460 g/mol. The summed E-state index contributed by atoms with van der Waals surface area (Å²) in [4.78, 5) is 37.4. The first-order valence-electron chi connectivity index (χ1n) is 11.3. The standard InChI is InChI=1S/C25H25N5O4/c1-30(14-22(31)29-24-27-15-26-16-28-24)12-10-17(11-13-30)34-23(32)25(33)20-8-4-2-6-18(20)19-7-3-5-9-21(19)25/h2-9,15-17,33H,10-14H2,1H3/p+1. The largest absolute Gasteiger partial charge is 0.459 e. The lowest BCUT2D eigenvalue weighted by Crippen LogP contribution is -2.55. The molecule has 1 aliphatic carbocycles. The zero-order valence-corrected chi connectivity index (χ0v) is 18.8. The van der Waals surface area contributed by atoms with Crippen molar-refractivity contribution in [3.63, 3.8) is 0 Å². The maximum Gasteiger partial charge on any atom is 0.348 e. The van der Waals surface area contributed by atoms with E-state index in [4.69, 9.17) is 4.74 Å². The molecule has 2 N–H and O–H groups in total. The topological polar surface area (TPSA) is 114 Å². The second kappa shape index (κ2) is 8.58. The first kappa shape index (κ1) is 22.1. The molecule has 9 nitrogen and oxygen atoms in total. The fourth-order valence-corrected chi connectivity index (χ4v) is 4.93. The van der Waals surface area contributed by atoms with E-state index in [1.54, 1.807) is 12.1 Å². The minimum Gasteiger partial charge on any atom is -0.459 e. The highest BCUT2D eigenvalue weighted by atomic mass is 16.6. The first-order chi connectivity index (χ1) is 16.4. The van der Waals surface area contributed by atoms with E-state index >= 15 is 0 Å². The van der Waals surface area contributed by atoms with E-state index in [0.717, 1.165) is 11.1 Å². The lowest BCUT2D eigenvalue weighted by Gasteiger charge is -2.40. The minimum absolute atomic E-state index is 0.183. The van der Waals surface area contributed by atoms with E-state index in [-0.39, 0.29) is 24.5 Å². The molecular weight excluding hydrogens is 434 g/mol. The SMILES string of the molecule is C[N+]1(CC(=O)Nc2ncncn2)CCC(OC(=O)C2(O)c3ccccc3-c3ccccc32)CC1. The van der Waals surface area contributed by atoms with Gasteiger partial charge >= 0.3 is 5.97 Å². The third kappa shape index (κ3) is 3.93. The van der Waals surface area contributed by atoms with Crippen molar-refractivity contribution in [2.24, 2.45) is 0 Å². The number of aromatic nitrogens is 3. The molecule has 1 aromatic heterocycles. The number of quaternary nitrogens is 1. The molecule has 1 amide bonds. The second-order valence-corrected chi connectivity index (χ2v) is 9.14. The van der Waals surface area contributed by atoms with Gasteiger partial charge in [0.15, 0.2) is 6.54 Å². The van der Waals surface area contributed by atoms with Gasteiger partial charge in [0.1, 0.15) is 18.8 Å². The molecule has 5 rings (SSSR count). The van der Waals surface area contributed by atoms with E-state index < -0.39 is 11.6 Å². The Labute approximate surface area is 197 Å². The molecule has 34 heavy (non-hydrogen) atoms. The normalized spacial score (nSPS) is 22.4. The average Bonchev–Trinajstić information content (AvgIpc) is 3.11. The Hall–Kier alpha value is -3.69. The molecule has 3 aromatic rings. The van der Waals surface area contributed by atoms with Crippen LogP contribution in [0, 0.1) is 0 Å². The fourth-order valence-electron chi connectivity index (χ4n) is 4.93. The van der Waals surface area contributed by atoms with Crippen molar-refractivity contribution in [2.75, 3.05) is 32.0 Å². The van der Waals surface area contributed by atoms with Crippen molar-refractivity contribution < 1.29 is 23.9 Å². The van der Waals surface area contributed by atoms with Gasteiger partial charge in [-0.25, -0.2) is 19.7 Å². The molecule has 9 heteroatoms. The quantitative estimate of drug-likeness (QED) is 0.441. The smallest absolute Gasteiger partial charge is 0.348 e. The Morgan fingerprint density at radius 2 is 1.59 bits per heavy atom. The molecule has 174 valence electrons. The van der Waals surface area contributed by atoms with Gasteiger partial charge in [-0.3, -0.25) is 10.1 Å². The van der Waals surface area contributed by atoms with Crippen LogP contribution in [0.4, 0.5) is 5.95 Å². The Morgan fingerprint density at radius 1 is 1.03 bits per heavy atom. The molecule has 0 radical (unpaired) electrons. The molecule has 0 atom stereocenters. The van der Waals surface area contributed by atoms with Crippen molar-refractivity contribution in [1.29, 1.82) is 0 Å². The summed E-state index contributed by atoms with van der Waals surface area (Å²) < 4.78 is 6.37. The molecule has 2 heterocycles. The van der Waals surface area contributed by atoms with Gasteiger partial charge in [0.05, 0.1) is 20.1 Å². The third-order valence-electron chi connectivity index (χ3n) is 6.74. The average molecular weight is 461 g/mol. The highest BCUT2D eigenvalue weighted by Gasteiger charge is 2.50. The molecule has 1 fully saturated rings. The number of benzene rings is 2. The molecule has 1 saturated heterocycles. The number of likely N-dealkylation sites (N-methyl/N-ethyl adjacent to an activating group) is 1. The van der Waals surface area contributed by atoms with Gasteiger partial charge in [0, 0.05) is 24.0 Å². The van der Waals surface area contributed by atoms with E-state index in [0.29, 0.717) is 41.5 Å². The van der Waals surface area contributed by atoms with Gasteiger partial charge in [0.2, 0.25) is 11.5 Å². The van der Waals surface area contributed by atoms with Crippen LogP contribution in [0.2, 0.25) is 0 Å². The zero-order valence-electron chi connectivity index (χ0n) is 18.8. The van der Waals surface area contributed by atoms with Crippen LogP contribution in [-0.4, -0.2) is 69.2 Å². The fraction of sp³-hybridized carbons (Fsp3) is 0.320. The van der Waals surface area contributed by atoms with Crippen LogP contribution < -0.4 is 5.32 Å². The zero-order chi connectivity index (χ0) is 23.8. The van der Waals surface area contributed by atoms with Crippen molar-refractivity contribution in [3.8, 4) is 11.1 Å². The minimum atomic E-state index is -1.83. The molecular formula is C25H26N5O4+. The molecule has 0 bridgehead atoms. The summed E-state index contributed by atoms with van der Waals surface area (Å²) in [5.74, 6) is -0.614. The van der Waals surface area contributed by atoms with Crippen LogP contribution in [0.15, 0.2) is 61.2 Å². The summed E-state index contributed by atoms with van der Waals surface area (Å²) in [6, 6.07) is 14.8. The lowest BCUT2D eigenvalue weighted by molar-refractivity contribution is -0.907. The number of rotatable bonds is 5. The predicted octanol–water partition coefficient (Wildman–Crippen LogP) is 1.88. The van der Waals surface area contributed by atoms with Crippen LogP contribution in [0.3, 0.4) is 0 Å². The number of fused-ring (bicyclic) bond motifs is 3. The number of carbonyl (C=O) groups is 2. The Balaban J connectivity index is 1.24. The number of piperidine rings is 1. The van der Waals surface area contributed by atoms with Crippen molar-refractivity contribution in [3.05, 3.63) is 72.3 Å². The summed E-state index contributed by atoms with van der Waals surface area (Å²) in [6.07, 6.45) is 3.53. The number of amides is 1. The highest BCUT2D eigenvalue weighted by Crippen LogP contribution is 2.48. The van der Waals surface area contributed by atoms with Crippen LogP contribution in [0.5, 0.6) is 0 Å². The van der Waals surface area contributed by atoms with Crippen LogP contribution in [0.1, 0.15) is 24.0 Å². The number of ether oxygens (including phenoxy) is 1. The van der Waals surface area contributed by atoms with Crippen LogP contribution in [-0.2, 0) is 19.9 Å². The Kier molecular flexibility index (Phi) is 5.59. The summed E-state index contributed by atoms with van der Waals surface area (Å²) >= 11 is 0. The number of anilines is 1. The second-order valence-electron chi connectivity index (χ2n) is 9.14. The highest BCUT2D eigenvalue weighted by molar-refractivity contribution is 5.96. The number of hydrogen-bond donors (Lipinski definition) is 2. The van der Waals surface area contributed by atoms with E-state index in [9.17, 15) is 14.7 Å². The Morgan fingerprint density at radius 3 is 2.18 bits per heavy atom. The number of aliphatic hydroxyl groups is 1. The van der Waals surface area contributed by atoms with Gasteiger partial charge in [-0.2, -0.15) is 0 Å². The van der Waals surface area contributed by atoms with Gasteiger partial charge in [0.25, 0.3) is 5.91 Å². The number of likely N-dealkylation sites (tertiary alicyclic amines) is 1. The van der Waals surface area contributed by atoms with Crippen molar-refractivity contribution in [2.45, 2.75) is 24.5 Å². The maximum absolute atomic E-state index is 13.3. The summed E-state index contributed by atoms with van der Waals surface area (Å²) in [6.45, 7) is 1.58. The van der Waals surface area contributed by atoms with Crippen molar-refractivity contribution in [1.82, 2.24) is 15.0 Å². The molecule has 0 unspecified atom stereocenters. The molecule has 0 saturated carbocycles. The van der Waals surface area contributed by atoms with Crippen molar-refractivity contribution >= 4 is 17.8 Å². The molecule has 2 aromatic carbocycles. The van der Waals surface area contributed by atoms with Gasteiger partial charge in [-0.1, -0.05) is 48.5 Å². The predicted molar refractivity (Wildman–Crippen MR) is 123 cm³/mol. The van der Waals surface area contributed by atoms with Gasteiger partial charge in [-0.05, 0) is 11.1 Å². The van der Waals surface area contributed by atoms with Gasteiger partial charge in [-0.15, -0.1) is 0 Å². The number of nitrogens with one attached hydrogen (secondary N) is 1. The van der Waals surface area contributed by atoms with E-state index in [1.165, 1.54) is 12.7 Å². The number of carbonyl (C=O) groups excluding carboxylic acids is 2. The molecule has 1 aliphatic heterocycles. The summed E-state index contributed by atoms with van der Waals surface area (Å²) in [5, 5.41) is 14.3. The number of hydrogen-bond acceptors (Lipinski definition) is 7. The maximum atomic E-state index is 13.3. The number of esters is 1. The van der Waals surface area contributed by atoms with Gasteiger partial charge < -0.3 is 14.3 Å². The van der Waals surface area contributed by atoms with Crippen LogP contribution >= 0.6 is 0 Å². The lowest BCUT2D eigenvalue weighted by atomic mass is 9.91. The van der Waals surface area contributed by atoms with E-state index in [1.807, 2.05) is 43.4 Å². The number of nitrogens with zero attached hydrogens (tertiary/aromatic N) is 4. The van der Waals surface area contributed by atoms with E-state index in [2.05, 4.69) is 20.3 Å². The molecule has 0 spiro atoms. The van der Waals surface area contributed by atoms with Crippen LogP contribution in [0.25, 0.3) is 11.1 Å². The third-order valence-corrected chi connectivity index (χ3v) is 6.74. The first-order valence-corrected chi connectivity index (χ1v) is 11.3.